The van der Waals surface area contributed by atoms with Crippen molar-refractivity contribution in [3.63, 3.8) is 0 Å². The number of halogens is 1. The van der Waals surface area contributed by atoms with Crippen molar-refractivity contribution in [2.45, 2.75) is 44.2 Å². The Kier molecular flexibility index (Phi) is 4.66. The smallest absolute Gasteiger partial charge is 0.165 e. The highest BCUT2D eigenvalue weighted by Crippen LogP contribution is 2.42. The third-order valence-corrected chi connectivity index (χ3v) is 4.63. The second-order valence-electron chi connectivity index (χ2n) is 5.82. The van der Waals surface area contributed by atoms with E-state index in [0.717, 1.165) is 31.2 Å². The zero-order chi connectivity index (χ0) is 14.8. The van der Waals surface area contributed by atoms with Crippen LogP contribution in [0.5, 0.6) is 5.75 Å². The van der Waals surface area contributed by atoms with Crippen LogP contribution in [0, 0.1) is 11.7 Å². The van der Waals surface area contributed by atoms with Gasteiger partial charge in [-0.25, -0.2) is 4.39 Å². The fourth-order valence-electron chi connectivity index (χ4n) is 3.07. The maximum Gasteiger partial charge on any atom is 0.165 e. The van der Waals surface area contributed by atoms with Gasteiger partial charge >= 0.3 is 0 Å². The third-order valence-electron chi connectivity index (χ3n) is 4.63. The highest BCUT2D eigenvalue weighted by Gasteiger charge is 2.40. The van der Waals surface area contributed by atoms with Crippen molar-refractivity contribution in [1.29, 1.82) is 0 Å². The van der Waals surface area contributed by atoms with Gasteiger partial charge in [0.25, 0.3) is 0 Å². The van der Waals surface area contributed by atoms with Gasteiger partial charge in [0.05, 0.1) is 18.8 Å². The van der Waals surface area contributed by atoms with Crippen LogP contribution >= 0.6 is 0 Å². The molecule has 20 heavy (non-hydrogen) atoms. The molecule has 0 spiro atoms. The Morgan fingerprint density at radius 3 is 2.45 bits per heavy atom. The fourth-order valence-corrected chi connectivity index (χ4v) is 3.07. The summed E-state index contributed by atoms with van der Waals surface area (Å²) in [5.41, 5.74) is 6.77. The Balaban J connectivity index is 2.24. The molecule has 2 N–H and O–H groups in total. The lowest BCUT2D eigenvalue weighted by atomic mass is 9.74. The standard InChI is InChI=1S/C16H24FNO2/c1-11-6-8-16(20-3,9-7-11)15(18)12-4-5-14(19-2)13(17)10-12/h4-5,10-11,15H,6-9,18H2,1-3H3. The van der Waals surface area contributed by atoms with Gasteiger partial charge in [-0.05, 0) is 49.3 Å². The van der Waals surface area contributed by atoms with Gasteiger partial charge in [0.1, 0.15) is 0 Å². The number of rotatable bonds is 4. The number of hydrogen-bond donors (Lipinski definition) is 1. The SMILES string of the molecule is COc1ccc(C(N)C2(OC)CCC(C)CC2)cc1F. The summed E-state index contributed by atoms with van der Waals surface area (Å²) in [5, 5.41) is 0. The molecule has 0 amide bonds. The van der Waals surface area contributed by atoms with Gasteiger partial charge in [-0.1, -0.05) is 13.0 Å². The van der Waals surface area contributed by atoms with Crippen molar-refractivity contribution < 1.29 is 13.9 Å². The van der Waals surface area contributed by atoms with Crippen molar-refractivity contribution >= 4 is 0 Å². The van der Waals surface area contributed by atoms with Crippen LogP contribution in [0.3, 0.4) is 0 Å². The molecule has 1 aliphatic carbocycles. The maximum atomic E-state index is 13.8. The van der Waals surface area contributed by atoms with Gasteiger partial charge in [-0.15, -0.1) is 0 Å². The molecule has 1 atom stereocenters. The number of benzene rings is 1. The molecule has 0 aromatic heterocycles. The van der Waals surface area contributed by atoms with Gasteiger partial charge < -0.3 is 15.2 Å². The number of ether oxygens (including phenoxy) is 2. The van der Waals surface area contributed by atoms with E-state index in [-0.39, 0.29) is 23.2 Å². The molecule has 0 heterocycles. The molecule has 3 nitrogen and oxygen atoms in total. The summed E-state index contributed by atoms with van der Waals surface area (Å²) in [6.45, 7) is 2.25. The number of nitrogens with two attached hydrogens (primary N) is 1. The maximum absolute atomic E-state index is 13.8. The molecule has 1 saturated carbocycles. The fraction of sp³-hybridized carbons (Fsp3) is 0.625. The molecule has 1 aromatic rings. The van der Waals surface area contributed by atoms with E-state index in [2.05, 4.69) is 6.92 Å². The Bertz CT molecular complexity index is 456. The van der Waals surface area contributed by atoms with Crippen LogP contribution < -0.4 is 10.5 Å². The average Bonchev–Trinajstić information content (AvgIpc) is 2.47. The van der Waals surface area contributed by atoms with Gasteiger partial charge in [-0.3, -0.25) is 0 Å². The van der Waals surface area contributed by atoms with Crippen molar-refractivity contribution in [1.82, 2.24) is 0 Å². The van der Waals surface area contributed by atoms with E-state index >= 15 is 0 Å². The first-order chi connectivity index (χ1) is 9.52. The molecule has 4 heteroatoms. The Labute approximate surface area is 120 Å². The second kappa shape index (κ2) is 6.10. The molecule has 1 fully saturated rings. The van der Waals surface area contributed by atoms with Gasteiger partial charge in [0.15, 0.2) is 11.6 Å². The first-order valence-corrected chi connectivity index (χ1v) is 7.16. The minimum Gasteiger partial charge on any atom is -0.494 e. The van der Waals surface area contributed by atoms with Crippen LogP contribution in [0.2, 0.25) is 0 Å². The molecule has 112 valence electrons. The first-order valence-electron chi connectivity index (χ1n) is 7.16. The lowest BCUT2D eigenvalue weighted by Gasteiger charge is -2.42. The zero-order valence-corrected chi connectivity index (χ0v) is 12.5. The van der Waals surface area contributed by atoms with Crippen molar-refractivity contribution in [2.24, 2.45) is 11.7 Å². The summed E-state index contributed by atoms with van der Waals surface area (Å²) in [6, 6.07) is 4.59. The van der Waals surface area contributed by atoms with Crippen LogP contribution in [-0.4, -0.2) is 19.8 Å². The van der Waals surface area contributed by atoms with Crippen molar-refractivity contribution in [2.75, 3.05) is 14.2 Å². The largest absolute Gasteiger partial charge is 0.494 e. The Hall–Kier alpha value is -1.13. The van der Waals surface area contributed by atoms with Crippen LogP contribution in [0.25, 0.3) is 0 Å². The van der Waals surface area contributed by atoms with Crippen LogP contribution in [-0.2, 0) is 4.74 Å². The first kappa shape index (κ1) is 15.3. The predicted octanol–water partition coefficient (Wildman–Crippen LogP) is 3.43. The Morgan fingerprint density at radius 1 is 1.30 bits per heavy atom. The summed E-state index contributed by atoms with van der Waals surface area (Å²) in [6.07, 6.45) is 4.03. The minimum absolute atomic E-state index is 0.240. The molecule has 0 radical (unpaired) electrons. The molecule has 0 bridgehead atoms. The van der Waals surface area contributed by atoms with E-state index in [1.165, 1.54) is 13.2 Å². The normalized spacial score (nSPS) is 28.1. The molecular weight excluding hydrogens is 257 g/mol. The average molecular weight is 281 g/mol. The molecule has 1 unspecified atom stereocenters. The molecule has 1 aromatic carbocycles. The van der Waals surface area contributed by atoms with E-state index < -0.39 is 0 Å². The highest BCUT2D eigenvalue weighted by atomic mass is 19.1. The van der Waals surface area contributed by atoms with E-state index in [0.29, 0.717) is 5.92 Å². The van der Waals surface area contributed by atoms with E-state index in [1.54, 1.807) is 13.2 Å². The van der Waals surface area contributed by atoms with E-state index in [9.17, 15) is 4.39 Å². The summed E-state index contributed by atoms with van der Waals surface area (Å²) in [5.74, 6) is 0.568. The van der Waals surface area contributed by atoms with E-state index in [4.69, 9.17) is 15.2 Å². The quantitative estimate of drug-likeness (QED) is 0.919. The summed E-state index contributed by atoms with van der Waals surface area (Å²) < 4.78 is 24.6. The third kappa shape index (κ3) is 2.81. The van der Waals surface area contributed by atoms with Gasteiger partial charge in [0.2, 0.25) is 0 Å². The van der Waals surface area contributed by atoms with Crippen LogP contribution in [0.15, 0.2) is 18.2 Å². The lowest BCUT2D eigenvalue weighted by Crippen LogP contribution is -2.45. The van der Waals surface area contributed by atoms with Crippen LogP contribution in [0.4, 0.5) is 4.39 Å². The summed E-state index contributed by atoms with van der Waals surface area (Å²) in [4.78, 5) is 0. The van der Waals surface area contributed by atoms with Crippen molar-refractivity contribution in [3.05, 3.63) is 29.6 Å². The summed E-state index contributed by atoms with van der Waals surface area (Å²) in [7, 11) is 3.16. The molecule has 1 aliphatic rings. The van der Waals surface area contributed by atoms with E-state index in [1.807, 2.05) is 6.07 Å². The highest BCUT2D eigenvalue weighted by molar-refractivity contribution is 5.32. The zero-order valence-electron chi connectivity index (χ0n) is 12.5. The monoisotopic (exact) mass is 281 g/mol. The predicted molar refractivity (Wildman–Crippen MR) is 77.3 cm³/mol. The molecule has 0 aliphatic heterocycles. The topological polar surface area (TPSA) is 44.5 Å². The number of hydrogen-bond acceptors (Lipinski definition) is 3. The van der Waals surface area contributed by atoms with Crippen molar-refractivity contribution in [3.8, 4) is 5.75 Å². The van der Waals surface area contributed by atoms with Gasteiger partial charge in [-0.2, -0.15) is 0 Å². The second-order valence-corrected chi connectivity index (χ2v) is 5.82. The number of methoxy groups -OCH3 is 2. The Morgan fingerprint density at radius 2 is 1.95 bits per heavy atom. The molecule has 2 rings (SSSR count). The van der Waals surface area contributed by atoms with Gasteiger partial charge in [0, 0.05) is 7.11 Å². The summed E-state index contributed by atoms with van der Waals surface area (Å²) >= 11 is 0. The lowest BCUT2D eigenvalue weighted by molar-refractivity contribution is -0.0672. The van der Waals surface area contributed by atoms with Crippen LogP contribution in [0.1, 0.15) is 44.2 Å². The molecule has 0 saturated heterocycles. The molecular formula is C16H24FNO2. The minimum atomic E-state index is -0.381.